The Morgan fingerprint density at radius 3 is 2.71 bits per heavy atom. The maximum absolute atomic E-state index is 15.1. The van der Waals surface area contributed by atoms with Gasteiger partial charge in [0.05, 0.1) is 34.6 Å². The van der Waals surface area contributed by atoms with Crippen molar-refractivity contribution < 1.29 is 37.0 Å². The van der Waals surface area contributed by atoms with Gasteiger partial charge in [0.25, 0.3) is 0 Å². The van der Waals surface area contributed by atoms with Crippen LogP contribution in [0.4, 0.5) is 29.3 Å². The number of pyridine rings is 1. The molecule has 0 radical (unpaired) electrons. The molecule has 4 aromatic rings. The molecule has 2 bridgehead atoms. The first-order chi connectivity index (χ1) is 21.5. The molecule has 1 aliphatic heterocycles. The molecular formula is C31H27ClF3N5O5. The minimum Gasteiger partial charge on any atom is -0.618 e. The lowest BCUT2D eigenvalue weighted by molar-refractivity contribution is -0.614. The number of aryl methyl sites for hydroxylation is 1. The Balaban J connectivity index is 1.42. The zero-order valence-electron chi connectivity index (χ0n) is 24.0. The third-order valence-corrected chi connectivity index (χ3v) is 8.42. The molecule has 45 heavy (non-hydrogen) atoms. The van der Waals surface area contributed by atoms with Crippen LogP contribution in [0.2, 0.25) is 5.02 Å². The summed E-state index contributed by atoms with van der Waals surface area (Å²) in [5.41, 5.74) is 2.59. The molecule has 3 atom stereocenters. The molecule has 0 spiro atoms. The van der Waals surface area contributed by atoms with E-state index in [2.05, 4.69) is 25.1 Å². The fourth-order valence-electron chi connectivity index (χ4n) is 5.88. The number of H-pyrrole nitrogens is 1. The predicted molar refractivity (Wildman–Crippen MR) is 159 cm³/mol. The number of anilines is 2. The first kappa shape index (κ1) is 30.3. The molecule has 0 saturated heterocycles. The number of ether oxygens (including phenoxy) is 2. The summed E-state index contributed by atoms with van der Waals surface area (Å²) in [4.78, 5) is 33.0. The average molecular weight is 642 g/mol. The molecule has 3 unspecified atom stereocenters. The monoisotopic (exact) mass is 641 g/mol. The van der Waals surface area contributed by atoms with E-state index < -0.39 is 30.2 Å². The van der Waals surface area contributed by atoms with Gasteiger partial charge < -0.3 is 25.0 Å². The quantitative estimate of drug-likeness (QED) is 0.163. The first-order valence-electron chi connectivity index (χ1n) is 14.0. The van der Waals surface area contributed by atoms with Crippen LogP contribution in [0.3, 0.4) is 0 Å². The SMILES string of the molecule is COC(=O)Nc1ccc2c(c1)NC(=O)CC1CC1CC(c1ccc(-c3c(OC(F)F)ccc(Cl)c3F)c[n+]1[O-])c1nc-2c(C)[nH]1. The van der Waals surface area contributed by atoms with Crippen LogP contribution in [0.1, 0.15) is 42.4 Å². The van der Waals surface area contributed by atoms with E-state index in [1.807, 2.05) is 6.92 Å². The van der Waals surface area contributed by atoms with Crippen LogP contribution in [-0.2, 0) is 9.53 Å². The van der Waals surface area contributed by atoms with E-state index >= 15 is 4.39 Å². The normalized spacial score (nSPS) is 19.0. The number of hydrogen-bond acceptors (Lipinski definition) is 6. The highest BCUT2D eigenvalue weighted by Crippen LogP contribution is 2.49. The number of aromatic nitrogens is 3. The molecule has 6 rings (SSSR count). The van der Waals surface area contributed by atoms with E-state index in [0.29, 0.717) is 51.0 Å². The van der Waals surface area contributed by atoms with E-state index in [1.54, 1.807) is 18.2 Å². The highest BCUT2D eigenvalue weighted by molar-refractivity contribution is 6.31. The van der Waals surface area contributed by atoms with Gasteiger partial charge in [-0.15, -0.1) is 0 Å². The Hall–Kier alpha value is -4.78. The first-order valence-corrected chi connectivity index (χ1v) is 14.4. The molecular weight excluding hydrogens is 615 g/mol. The Kier molecular flexibility index (Phi) is 8.04. The number of halogens is 4. The lowest BCUT2D eigenvalue weighted by Crippen LogP contribution is -2.34. The number of amides is 2. The topological polar surface area (TPSA) is 132 Å². The van der Waals surface area contributed by atoms with Gasteiger partial charge in [0.1, 0.15) is 17.5 Å². The minimum atomic E-state index is -3.22. The van der Waals surface area contributed by atoms with Gasteiger partial charge in [0, 0.05) is 29.4 Å². The van der Waals surface area contributed by atoms with Crippen molar-refractivity contribution in [2.45, 2.75) is 38.7 Å². The standard InChI is InChI=1S/C31H27ClF3N5O5/c1-14-28-19-5-4-18(37-31(42)44-2)12-22(19)38-25(41)11-17-9-16(17)10-20(29(36-14)39-28)23-7-3-15(13-40(23)43)26-24(45-30(34)35)8-6-21(32)27(26)33/h3-8,12-13,16-17,20,30H,9-11H2,1-2H3,(H,36,39)(H,37,42)(H,38,41). The van der Waals surface area contributed by atoms with Crippen molar-refractivity contribution in [2.24, 2.45) is 11.8 Å². The highest BCUT2D eigenvalue weighted by atomic mass is 35.5. The number of methoxy groups -OCH3 is 1. The number of carbonyl (C=O) groups excluding carboxylic acids is 2. The number of alkyl halides is 2. The summed E-state index contributed by atoms with van der Waals surface area (Å²) in [7, 11) is 1.25. The Bertz CT molecular complexity index is 1820. The maximum Gasteiger partial charge on any atom is 0.411 e. The van der Waals surface area contributed by atoms with Crippen LogP contribution in [0.15, 0.2) is 48.7 Å². The van der Waals surface area contributed by atoms with Crippen LogP contribution >= 0.6 is 11.6 Å². The van der Waals surface area contributed by atoms with Crippen LogP contribution in [0.5, 0.6) is 5.75 Å². The maximum atomic E-state index is 15.1. The third kappa shape index (κ3) is 6.12. The van der Waals surface area contributed by atoms with Gasteiger partial charge in [-0.2, -0.15) is 13.5 Å². The zero-order chi connectivity index (χ0) is 32.0. The second-order valence-electron chi connectivity index (χ2n) is 11.1. The molecule has 234 valence electrons. The Morgan fingerprint density at radius 1 is 1.18 bits per heavy atom. The molecule has 2 amide bonds. The molecule has 1 fully saturated rings. The molecule has 2 aromatic heterocycles. The lowest BCUT2D eigenvalue weighted by atomic mass is 9.94. The van der Waals surface area contributed by atoms with Gasteiger partial charge in [-0.1, -0.05) is 11.6 Å². The van der Waals surface area contributed by atoms with Crippen LogP contribution in [0, 0.1) is 29.8 Å². The largest absolute Gasteiger partial charge is 0.618 e. The smallest absolute Gasteiger partial charge is 0.411 e. The summed E-state index contributed by atoms with van der Waals surface area (Å²) >= 11 is 5.93. The van der Waals surface area contributed by atoms with Crippen molar-refractivity contribution in [2.75, 3.05) is 17.7 Å². The average Bonchev–Trinajstić information content (AvgIpc) is 3.60. The molecule has 14 heteroatoms. The fraction of sp³-hybridized carbons (Fsp3) is 0.290. The number of rotatable bonds is 5. The number of aromatic amines is 1. The number of nitrogens with zero attached hydrogens (tertiary/aromatic N) is 2. The van der Waals surface area contributed by atoms with E-state index in [4.69, 9.17) is 16.6 Å². The summed E-state index contributed by atoms with van der Waals surface area (Å²) in [6, 6.07) is 10.2. The minimum absolute atomic E-state index is 0.000124. The highest BCUT2D eigenvalue weighted by Gasteiger charge is 2.43. The number of fused-ring (bicyclic) bond motifs is 5. The molecule has 3 N–H and O–H groups in total. The van der Waals surface area contributed by atoms with Gasteiger partial charge in [-0.25, -0.2) is 14.2 Å². The van der Waals surface area contributed by atoms with Crippen molar-refractivity contribution in [3.63, 3.8) is 0 Å². The molecule has 2 aliphatic rings. The summed E-state index contributed by atoms with van der Waals surface area (Å²) in [5.74, 6) is -1.48. The molecule has 1 aliphatic carbocycles. The fourth-order valence-corrected chi connectivity index (χ4v) is 6.04. The van der Waals surface area contributed by atoms with E-state index in [9.17, 15) is 23.6 Å². The number of imidazole rings is 1. The van der Waals surface area contributed by atoms with Crippen molar-refractivity contribution in [1.82, 2.24) is 9.97 Å². The number of hydrogen-bond donors (Lipinski definition) is 3. The van der Waals surface area contributed by atoms with E-state index in [1.165, 1.54) is 19.2 Å². The number of benzene rings is 2. The van der Waals surface area contributed by atoms with Crippen molar-refractivity contribution in [1.29, 1.82) is 0 Å². The van der Waals surface area contributed by atoms with Gasteiger partial charge in [-0.3, -0.25) is 10.1 Å². The number of carbonyl (C=O) groups is 2. The van der Waals surface area contributed by atoms with Crippen LogP contribution in [-0.4, -0.2) is 35.7 Å². The predicted octanol–water partition coefficient (Wildman–Crippen LogP) is 6.76. The van der Waals surface area contributed by atoms with E-state index in [-0.39, 0.29) is 40.3 Å². The summed E-state index contributed by atoms with van der Waals surface area (Å²) in [6.45, 7) is -1.40. The van der Waals surface area contributed by atoms with Crippen molar-refractivity contribution >= 4 is 35.0 Å². The van der Waals surface area contributed by atoms with Gasteiger partial charge >= 0.3 is 12.7 Å². The Labute approximate surface area is 260 Å². The summed E-state index contributed by atoms with van der Waals surface area (Å²) in [6.07, 6.45) is 1.97. The van der Waals surface area contributed by atoms with Gasteiger partial charge in [0.15, 0.2) is 12.0 Å². The number of nitrogens with one attached hydrogen (secondary N) is 3. The summed E-state index contributed by atoms with van der Waals surface area (Å²) < 4.78 is 50.9. The second-order valence-corrected chi connectivity index (χ2v) is 11.5. The molecule has 2 aromatic carbocycles. The molecule has 1 saturated carbocycles. The third-order valence-electron chi connectivity index (χ3n) is 8.13. The Morgan fingerprint density at radius 2 is 1.98 bits per heavy atom. The second kappa shape index (κ2) is 12.0. The van der Waals surface area contributed by atoms with Crippen molar-refractivity contribution in [3.05, 3.63) is 81.9 Å². The van der Waals surface area contributed by atoms with Crippen LogP contribution in [0.25, 0.3) is 22.4 Å². The summed E-state index contributed by atoms with van der Waals surface area (Å²) in [5, 5.41) is 18.8. The molecule has 3 heterocycles. The molecule has 10 nitrogen and oxygen atoms in total. The lowest BCUT2D eigenvalue weighted by Gasteiger charge is -2.17. The van der Waals surface area contributed by atoms with Gasteiger partial charge in [0.2, 0.25) is 11.6 Å². The van der Waals surface area contributed by atoms with Gasteiger partial charge in [-0.05, 0) is 68.0 Å². The van der Waals surface area contributed by atoms with Crippen molar-refractivity contribution in [3.8, 4) is 28.1 Å². The van der Waals surface area contributed by atoms with Crippen LogP contribution < -0.4 is 20.1 Å². The van der Waals surface area contributed by atoms with E-state index in [0.717, 1.165) is 24.8 Å². The zero-order valence-corrected chi connectivity index (χ0v) is 24.8.